The predicted molar refractivity (Wildman–Crippen MR) is 159 cm³/mol. The van der Waals surface area contributed by atoms with Crippen LogP contribution in [0.2, 0.25) is 0 Å². The van der Waals surface area contributed by atoms with E-state index in [1.54, 1.807) is 0 Å². The van der Waals surface area contributed by atoms with Crippen molar-refractivity contribution >= 4 is 11.9 Å². The van der Waals surface area contributed by atoms with Crippen molar-refractivity contribution in [2.45, 2.75) is 77.4 Å². The summed E-state index contributed by atoms with van der Waals surface area (Å²) >= 11 is 0. The second-order valence-corrected chi connectivity index (χ2v) is 11.3. The lowest BCUT2D eigenvalue weighted by Crippen LogP contribution is -2.39. The van der Waals surface area contributed by atoms with Gasteiger partial charge in [0.25, 0.3) is 0 Å². The lowest BCUT2D eigenvalue weighted by molar-refractivity contribution is -0.197. The predicted octanol–water partition coefficient (Wildman–Crippen LogP) is 5.94. The molecule has 39 heavy (non-hydrogen) atoms. The maximum absolute atomic E-state index is 10.4. The molecule has 0 amide bonds. The standard InChI is InChI=1S/C33H44N2O4/c1-6-17-35(18-7-8-23(2)32(36)39-29-21-38-22-29)31-15-16-34-20-28-14-13-27(19-30(28)31)26-11-9-25(10-12-26)24(3)33(4,5)37/h9-16,19,24,29,32,36-37H,2,6-8,17-18,20-22H2,1,3-5H3. The third-order valence-corrected chi connectivity index (χ3v) is 7.83. The lowest BCUT2D eigenvalue weighted by Gasteiger charge is -2.30. The molecule has 2 heterocycles. The molecule has 1 saturated heterocycles. The van der Waals surface area contributed by atoms with Crippen LogP contribution in [0.25, 0.3) is 16.8 Å². The summed E-state index contributed by atoms with van der Waals surface area (Å²) in [5, 5.41) is 20.8. The highest BCUT2D eigenvalue weighted by Crippen LogP contribution is 2.33. The van der Waals surface area contributed by atoms with Crippen LogP contribution in [0, 0.1) is 0 Å². The molecule has 0 spiro atoms. The topological polar surface area (TPSA) is 74.5 Å². The third-order valence-electron chi connectivity index (χ3n) is 7.83. The summed E-state index contributed by atoms with van der Waals surface area (Å²) in [6, 6.07) is 15.2. The second-order valence-electron chi connectivity index (χ2n) is 11.3. The Morgan fingerprint density at radius 1 is 1.15 bits per heavy atom. The Morgan fingerprint density at radius 2 is 1.87 bits per heavy atom. The van der Waals surface area contributed by atoms with E-state index in [0.29, 0.717) is 31.8 Å². The van der Waals surface area contributed by atoms with Crippen molar-refractivity contribution < 1.29 is 19.7 Å². The molecular formula is C33H44N2O4. The van der Waals surface area contributed by atoms with Gasteiger partial charge in [0, 0.05) is 36.5 Å². The molecule has 0 saturated carbocycles. The van der Waals surface area contributed by atoms with E-state index >= 15 is 0 Å². The van der Waals surface area contributed by atoms with E-state index in [1.165, 1.54) is 16.8 Å². The first-order valence-electron chi connectivity index (χ1n) is 14.2. The minimum Gasteiger partial charge on any atom is -0.390 e. The van der Waals surface area contributed by atoms with Crippen molar-refractivity contribution in [3.8, 4) is 11.1 Å². The molecule has 2 unspecified atom stereocenters. The van der Waals surface area contributed by atoms with Gasteiger partial charge in [-0.3, -0.25) is 4.99 Å². The Hall–Kier alpha value is -2.77. The Morgan fingerprint density at radius 3 is 2.51 bits per heavy atom. The molecule has 0 radical (unpaired) electrons. The molecule has 2 aliphatic heterocycles. The summed E-state index contributed by atoms with van der Waals surface area (Å²) in [7, 11) is 0. The van der Waals surface area contributed by atoms with Gasteiger partial charge >= 0.3 is 0 Å². The average molecular weight is 533 g/mol. The SMILES string of the molecule is C=C(CCCN(CCC)C1=CC=NCc2ccc(-c3ccc(C(C)C(C)(C)O)cc3)cc21)C(O)OC1COC1. The van der Waals surface area contributed by atoms with E-state index in [-0.39, 0.29) is 12.0 Å². The number of aliphatic imine (C=N–C) groups is 1. The zero-order valence-electron chi connectivity index (χ0n) is 23.9. The normalized spacial score (nSPS) is 17.0. The van der Waals surface area contributed by atoms with Crippen LogP contribution < -0.4 is 0 Å². The molecule has 2 aromatic rings. The number of fused-ring (bicyclic) bond motifs is 1. The number of nitrogens with zero attached hydrogens (tertiary/aromatic N) is 2. The smallest absolute Gasteiger partial charge is 0.177 e. The van der Waals surface area contributed by atoms with E-state index in [1.807, 2.05) is 20.1 Å². The van der Waals surface area contributed by atoms with Crippen molar-refractivity contribution in [2.75, 3.05) is 26.3 Å². The molecule has 210 valence electrons. The van der Waals surface area contributed by atoms with Gasteiger partial charge in [-0.05, 0) is 73.1 Å². The number of allylic oxidation sites excluding steroid dienone is 1. The summed E-state index contributed by atoms with van der Waals surface area (Å²) < 4.78 is 10.7. The number of benzene rings is 2. The van der Waals surface area contributed by atoms with Crippen molar-refractivity contribution in [3.05, 3.63) is 77.4 Å². The Balaban J connectivity index is 1.49. The minimum atomic E-state index is -0.941. The van der Waals surface area contributed by atoms with E-state index in [0.717, 1.165) is 42.6 Å². The monoisotopic (exact) mass is 532 g/mol. The first-order valence-corrected chi connectivity index (χ1v) is 14.2. The first-order chi connectivity index (χ1) is 18.7. The molecular weight excluding hydrogens is 488 g/mol. The fourth-order valence-corrected chi connectivity index (χ4v) is 4.96. The van der Waals surface area contributed by atoms with Crippen LogP contribution in [-0.2, 0) is 16.0 Å². The van der Waals surface area contributed by atoms with Crippen molar-refractivity contribution in [1.29, 1.82) is 0 Å². The van der Waals surface area contributed by atoms with Gasteiger partial charge in [0.2, 0.25) is 0 Å². The molecule has 0 bridgehead atoms. The van der Waals surface area contributed by atoms with E-state index < -0.39 is 11.9 Å². The summed E-state index contributed by atoms with van der Waals surface area (Å²) in [6.45, 7) is 15.5. The van der Waals surface area contributed by atoms with E-state index in [2.05, 4.69) is 78.9 Å². The molecule has 2 aliphatic rings. The molecule has 2 atom stereocenters. The second kappa shape index (κ2) is 13.1. The van der Waals surface area contributed by atoms with Gasteiger partial charge in [0.1, 0.15) is 6.10 Å². The number of hydrogen-bond donors (Lipinski definition) is 2. The van der Waals surface area contributed by atoms with Crippen molar-refractivity contribution in [1.82, 2.24) is 4.90 Å². The maximum atomic E-state index is 10.4. The first kappa shape index (κ1) is 29.2. The van der Waals surface area contributed by atoms with Gasteiger partial charge in [0.05, 0.1) is 25.4 Å². The van der Waals surface area contributed by atoms with Crippen LogP contribution in [-0.4, -0.2) is 65.6 Å². The molecule has 2 N–H and O–H groups in total. The number of aliphatic hydroxyl groups excluding tert-OH is 1. The fourth-order valence-electron chi connectivity index (χ4n) is 4.96. The van der Waals surface area contributed by atoms with E-state index in [4.69, 9.17) is 9.47 Å². The zero-order chi connectivity index (χ0) is 28.0. The highest BCUT2D eigenvalue weighted by molar-refractivity contribution is 5.87. The number of rotatable bonds is 13. The molecule has 4 rings (SSSR count). The summed E-state index contributed by atoms with van der Waals surface area (Å²) in [4.78, 5) is 7.03. The Bertz CT molecular complexity index is 1180. The lowest BCUT2D eigenvalue weighted by atomic mass is 9.85. The molecule has 0 aliphatic carbocycles. The molecule has 6 nitrogen and oxygen atoms in total. The maximum Gasteiger partial charge on any atom is 0.177 e. The largest absolute Gasteiger partial charge is 0.390 e. The quantitative estimate of drug-likeness (QED) is 0.247. The van der Waals surface area contributed by atoms with Crippen LogP contribution in [0.4, 0.5) is 0 Å². The molecule has 6 heteroatoms. The third kappa shape index (κ3) is 7.46. The highest BCUT2D eigenvalue weighted by atomic mass is 16.7. The molecule has 2 aromatic carbocycles. The average Bonchev–Trinajstić information content (AvgIpc) is 3.11. The number of ether oxygens (including phenoxy) is 2. The van der Waals surface area contributed by atoms with Crippen LogP contribution in [0.5, 0.6) is 0 Å². The van der Waals surface area contributed by atoms with Gasteiger partial charge < -0.3 is 24.6 Å². The van der Waals surface area contributed by atoms with Gasteiger partial charge in [0.15, 0.2) is 6.29 Å². The zero-order valence-corrected chi connectivity index (χ0v) is 23.9. The van der Waals surface area contributed by atoms with Crippen LogP contribution in [0.3, 0.4) is 0 Å². The van der Waals surface area contributed by atoms with Crippen LogP contribution in [0.1, 0.15) is 69.6 Å². The molecule has 0 aromatic heterocycles. The summed E-state index contributed by atoms with van der Waals surface area (Å²) in [5.41, 5.74) is 6.98. The van der Waals surface area contributed by atoms with Gasteiger partial charge in [-0.25, -0.2) is 0 Å². The van der Waals surface area contributed by atoms with Crippen molar-refractivity contribution in [3.63, 3.8) is 0 Å². The summed E-state index contributed by atoms with van der Waals surface area (Å²) in [6.07, 6.45) is 5.66. The van der Waals surface area contributed by atoms with Gasteiger partial charge in [-0.2, -0.15) is 0 Å². The highest BCUT2D eigenvalue weighted by Gasteiger charge is 2.25. The van der Waals surface area contributed by atoms with Crippen LogP contribution >= 0.6 is 0 Å². The molecule has 1 fully saturated rings. The van der Waals surface area contributed by atoms with E-state index in [9.17, 15) is 10.2 Å². The Kier molecular flexibility index (Phi) is 9.78. The Labute approximate surface area is 233 Å². The van der Waals surface area contributed by atoms with Crippen molar-refractivity contribution in [2.24, 2.45) is 4.99 Å². The van der Waals surface area contributed by atoms with Gasteiger partial charge in [-0.1, -0.05) is 56.8 Å². The number of hydrogen-bond acceptors (Lipinski definition) is 6. The van der Waals surface area contributed by atoms with Crippen LogP contribution in [0.15, 0.2) is 65.7 Å². The summed E-state index contributed by atoms with van der Waals surface area (Å²) in [5.74, 6) is 0.0452. The minimum absolute atomic E-state index is 0.0319. The number of aliphatic hydroxyl groups is 2. The van der Waals surface area contributed by atoms with Gasteiger partial charge in [-0.15, -0.1) is 0 Å². The fraction of sp³-hybridized carbons (Fsp3) is 0.485.